The molecule has 0 saturated carbocycles. The van der Waals surface area contributed by atoms with E-state index >= 15 is 0 Å². The van der Waals surface area contributed by atoms with Crippen LogP contribution in [-0.2, 0) is 14.4 Å². The Morgan fingerprint density at radius 3 is 2.50 bits per heavy atom. The van der Waals surface area contributed by atoms with Crippen LogP contribution in [0.1, 0.15) is 51.0 Å². The summed E-state index contributed by atoms with van der Waals surface area (Å²) in [4.78, 5) is 43.0. The fraction of sp³-hybridized carbons (Fsp3) is 0.654. The summed E-state index contributed by atoms with van der Waals surface area (Å²) < 4.78 is 10.9. The van der Waals surface area contributed by atoms with E-state index in [-0.39, 0.29) is 37.7 Å². The zero-order chi connectivity index (χ0) is 26.2. The lowest BCUT2D eigenvalue weighted by atomic mass is 9.84. The van der Waals surface area contributed by atoms with Crippen LogP contribution in [0.15, 0.2) is 18.2 Å². The first-order valence-corrected chi connectivity index (χ1v) is 12.7. The molecule has 3 atom stereocenters. The molecule has 0 unspecified atom stereocenters. The quantitative estimate of drug-likeness (QED) is 0.416. The van der Waals surface area contributed by atoms with Crippen molar-refractivity contribution in [3.63, 3.8) is 0 Å². The molecule has 0 bridgehead atoms. The zero-order valence-electron chi connectivity index (χ0n) is 21.5. The Kier molecular flexibility index (Phi) is 9.95. The van der Waals surface area contributed by atoms with Gasteiger partial charge in [-0.25, -0.2) is 0 Å². The number of rotatable bonds is 13. The molecular weight excluding hydrogens is 466 g/mol. The van der Waals surface area contributed by atoms with Crippen molar-refractivity contribution in [3.05, 3.63) is 23.8 Å². The van der Waals surface area contributed by atoms with Crippen LogP contribution in [0.5, 0.6) is 11.5 Å². The van der Waals surface area contributed by atoms with E-state index in [1.807, 2.05) is 17.0 Å². The summed E-state index contributed by atoms with van der Waals surface area (Å²) >= 11 is 0. The Balaban J connectivity index is 1.86. The summed E-state index contributed by atoms with van der Waals surface area (Å²) in [6.45, 7) is 5.64. The van der Waals surface area contributed by atoms with Gasteiger partial charge in [0.2, 0.25) is 18.6 Å². The smallest absolute Gasteiger partial charge is 0.308 e. The van der Waals surface area contributed by atoms with Gasteiger partial charge in [0, 0.05) is 58.7 Å². The molecule has 2 aliphatic heterocycles. The number of carbonyl (C=O) groups is 3. The van der Waals surface area contributed by atoms with Crippen LogP contribution < -0.4 is 9.47 Å². The van der Waals surface area contributed by atoms with E-state index in [1.165, 1.54) is 6.92 Å². The number of aliphatic hydroxyl groups is 1. The maximum atomic E-state index is 13.3. The lowest BCUT2D eigenvalue weighted by Gasteiger charge is -2.30. The Morgan fingerprint density at radius 2 is 1.83 bits per heavy atom. The highest BCUT2D eigenvalue weighted by atomic mass is 16.7. The summed E-state index contributed by atoms with van der Waals surface area (Å²) in [5.41, 5.74) is 0.828. The predicted octanol–water partition coefficient (Wildman–Crippen LogP) is 1.76. The minimum Gasteiger partial charge on any atom is -0.481 e. The number of hydrogen-bond acceptors (Lipinski definition) is 7. The van der Waals surface area contributed by atoms with Gasteiger partial charge in [-0.2, -0.15) is 0 Å². The molecule has 0 radical (unpaired) electrons. The molecule has 2 aliphatic rings. The number of nitrogens with zero attached hydrogens (tertiary/aromatic N) is 3. The minimum atomic E-state index is -0.925. The number of amides is 2. The van der Waals surface area contributed by atoms with E-state index in [1.54, 1.807) is 22.9 Å². The van der Waals surface area contributed by atoms with Gasteiger partial charge in [0.15, 0.2) is 11.5 Å². The third-order valence-corrected chi connectivity index (χ3v) is 7.21. The molecule has 1 aromatic carbocycles. The first kappa shape index (κ1) is 27.7. The SMILES string of the molecule is CCCCN(CCCO)C(=O)CN1C[C@H](c2ccc3c(c2)OCO3)[C@@H](C(=O)O)[C@@H]1CCN(C)C(C)=O. The standard InChI is InChI=1S/C26H39N3O7/c1-4-5-10-28(11-6-13-30)24(32)16-29-15-20(19-7-8-22-23(14-19)36-17-35-22)25(26(33)34)21(29)9-12-27(3)18(2)31/h7-8,14,20-21,25,30H,4-6,9-13,15-17H2,1-3H3,(H,33,34)/t20-,21+,25-/m1/s1. The molecule has 2 heterocycles. The summed E-state index contributed by atoms with van der Waals surface area (Å²) in [6, 6.07) is 5.08. The van der Waals surface area contributed by atoms with Crippen molar-refractivity contribution in [2.45, 2.75) is 51.5 Å². The van der Waals surface area contributed by atoms with E-state index in [0.717, 1.165) is 18.4 Å². The fourth-order valence-corrected chi connectivity index (χ4v) is 5.06. The molecule has 0 spiro atoms. The number of aliphatic carboxylic acids is 1. The van der Waals surface area contributed by atoms with Crippen LogP contribution in [0.25, 0.3) is 0 Å². The molecule has 36 heavy (non-hydrogen) atoms. The van der Waals surface area contributed by atoms with Gasteiger partial charge in [-0.1, -0.05) is 19.4 Å². The van der Waals surface area contributed by atoms with Crippen molar-refractivity contribution in [3.8, 4) is 11.5 Å². The van der Waals surface area contributed by atoms with Gasteiger partial charge in [0.25, 0.3) is 0 Å². The lowest BCUT2D eigenvalue weighted by Crippen LogP contribution is -2.45. The number of carbonyl (C=O) groups excluding carboxylic acids is 2. The normalized spacial score (nSPS) is 20.9. The van der Waals surface area contributed by atoms with Crippen molar-refractivity contribution < 1.29 is 34.1 Å². The molecular formula is C26H39N3O7. The zero-order valence-corrected chi connectivity index (χ0v) is 21.5. The molecule has 0 aromatic heterocycles. The van der Waals surface area contributed by atoms with Crippen LogP contribution in [0, 0.1) is 5.92 Å². The van der Waals surface area contributed by atoms with E-state index in [2.05, 4.69) is 6.92 Å². The van der Waals surface area contributed by atoms with E-state index in [0.29, 0.717) is 50.5 Å². The highest BCUT2D eigenvalue weighted by Crippen LogP contribution is 2.42. The second kappa shape index (κ2) is 12.9. The number of aliphatic hydroxyl groups excluding tert-OH is 1. The number of ether oxygens (including phenoxy) is 2. The molecule has 1 saturated heterocycles. The number of benzene rings is 1. The third kappa shape index (κ3) is 6.67. The minimum absolute atomic E-state index is 0.00685. The van der Waals surface area contributed by atoms with Crippen molar-refractivity contribution in [1.82, 2.24) is 14.7 Å². The summed E-state index contributed by atoms with van der Waals surface area (Å²) in [5.74, 6) is -0.966. The summed E-state index contributed by atoms with van der Waals surface area (Å²) in [6.07, 6.45) is 2.74. The van der Waals surface area contributed by atoms with Crippen molar-refractivity contribution >= 4 is 17.8 Å². The largest absolute Gasteiger partial charge is 0.481 e. The van der Waals surface area contributed by atoms with E-state index < -0.39 is 17.9 Å². The van der Waals surface area contributed by atoms with Gasteiger partial charge < -0.3 is 29.5 Å². The van der Waals surface area contributed by atoms with Crippen molar-refractivity contribution in [2.24, 2.45) is 5.92 Å². The van der Waals surface area contributed by atoms with Gasteiger partial charge in [-0.3, -0.25) is 19.3 Å². The number of carboxylic acids is 1. The van der Waals surface area contributed by atoms with Gasteiger partial charge in [0.05, 0.1) is 12.5 Å². The molecule has 10 nitrogen and oxygen atoms in total. The van der Waals surface area contributed by atoms with E-state index in [9.17, 15) is 24.6 Å². The maximum absolute atomic E-state index is 13.3. The highest BCUT2D eigenvalue weighted by Gasteiger charge is 2.47. The first-order chi connectivity index (χ1) is 17.3. The van der Waals surface area contributed by atoms with Crippen LogP contribution in [0.4, 0.5) is 0 Å². The highest BCUT2D eigenvalue weighted by molar-refractivity contribution is 5.79. The fourth-order valence-electron chi connectivity index (χ4n) is 5.06. The first-order valence-electron chi connectivity index (χ1n) is 12.7. The predicted molar refractivity (Wildman–Crippen MR) is 133 cm³/mol. The third-order valence-electron chi connectivity index (χ3n) is 7.21. The Bertz CT molecular complexity index is 917. The monoisotopic (exact) mass is 505 g/mol. The average molecular weight is 506 g/mol. The summed E-state index contributed by atoms with van der Waals surface area (Å²) in [7, 11) is 1.69. The number of carboxylic acid groups (broad SMARTS) is 1. The van der Waals surface area contributed by atoms with Crippen molar-refractivity contribution in [1.29, 1.82) is 0 Å². The van der Waals surface area contributed by atoms with Crippen molar-refractivity contribution in [2.75, 3.05) is 53.2 Å². The molecule has 1 aromatic rings. The Labute approximate surface area is 212 Å². The molecule has 2 N–H and O–H groups in total. The molecule has 1 fully saturated rings. The van der Waals surface area contributed by atoms with E-state index in [4.69, 9.17) is 9.47 Å². The molecule has 2 amide bonds. The molecule has 200 valence electrons. The Morgan fingerprint density at radius 1 is 1.11 bits per heavy atom. The van der Waals surface area contributed by atoms with Gasteiger partial charge in [-0.15, -0.1) is 0 Å². The van der Waals surface area contributed by atoms with Gasteiger partial charge in [0.1, 0.15) is 0 Å². The van der Waals surface area contributed by atoms with Crippen LogP contribution in [-0.4, -0.2) is 102 Å². The molecule has 3 rings (SSSR count). The number of unbranched alkanes of at least 4 members (excludes halogenated alkanes) is 1. The topological polar surface area (TPSA) is 120 Å². The maximum Gasteiger partial charge on any atom is 0.308 e. The van der Waals surface area contributed by atoms with Crippen LogP contribution in [0.3, 0.4) is 0 Å². The second-order valence-electron chi connectivity index (χ2n) is 9.62. The second-order valence-corrected chi connectivity index (χ2v) is 9.62. The van der Waals surface area contributed by atoms with Crippen LogP contribution in [0.2, 0.25) is 0 Å². The molecule has 10 heteroatoms. The number of likely N-dealkylation sites (tertiary alicyclic amines) is 1. The average Bonchev–Trinajstić information content (AvgIpc) is 3.46. The van der Waals surface area contributed by atoms with Gasteiger partial charge in [-0.05, 0) is 37.0 Å². The Hall–Kier alpha value is -2.85. The van der Waals surface area contributed by atoms with Crippen LogP contribution >= 0.6 is 0 Å². The lowest BCUT2D eigenvalue weighted by molar-refractivity contribution is -0.144. The van der Waals surface area contributed by atoms with Gasteiger partial charge >= 0.3 is 5.97 Å². The molecule has 0 aliphatic carbocycles. The summed E-state index contributed by atoms with van der Waals surface area (Å²) in [5, 5.41) is 19.6. The number of hydrogen-bond donors (Lipinski definition) is 2. The number of fused-ring (bicyclic) bond motifs is 1.